The lowest BCUT2D eigenvalue weighted by atomic mass is 9.99. The molecule has 0 bridgehead atoms. The second kappa shape index (κ2) is 3.97. The van der Waals surface area contributed by atoms with Crippen molar-refractivity contribution in [1.82, 2.24) is 0 Å². The summed E-state index contributed by atoms with van der Waals surface area (Å²) in [7, 11) is 1.72. The van der Waals surface area contributed by atoms with Crippen molar-refractivity contribution in [1.29, 1.82) is 0 Å². The average molecular weight is 264 g/mol. The normalized spacial score (nSPS) is 11.4. The molecule has 0 aliphatic carbocycles. The Morgan fingerprint density at radius 1 is 0.789 bits per heavy atom. The minimum absolute atomic E-state index is 0.911. The van der Waals surface area contributed by atoms with E-state index >= 15 is 0 Å². The van der Waals surface area contributed by atoms with Crippen molar-refractivity contribution in [2.24, 2.45) is 0 Å². The molecule has 4 aromatic rings. The highest BCUT2D eigenvalue weighted by Crippen LogP contribution is 2.38. The van der Waals surface area contributed by atoms with E-state index in [0.29, 0.717) is 0 Å². The molecule has 0 unspecified atom stereocenters. The van der Waals surface area contributed by atoms with Crippen LogP contribution in [0.25, 0.3) is 31.6 Å². The molecule has 1 aromatic heterocycles. The van der Waals surface area contributed by atoms with Crippen LogP contribution < -0.4 is 4.74 Å². The molecule has 4 rings (SSSR count). The first-order valence-electron chi connectivity index (χ1n) is 6.24. The Balaban J connectivity index is 2.35. The van der Waals surface area contributed by atoms with Crippen LogP contribution in [0, 0.1) is 0 Å². The van der Waals surface area contributed by atoms with E-state index in [1.165, 1.54) is 31.6 Å². The second-order valence-electron chi connectivity index (χ2n) is 4.62. The Hall–Kier alpha value is -2.06. The molecule has 0 N–H and O–H groups in total. The van der Waals surface area contributed by atoms with Gasteiger partial charge in [0.15, 0.2) is 0 Å². The molecule has 3 aromatic carbocycles. The van der Waals surface area contributed by atoms with Gasteiger partial charge in [-0.15, -0.1) is 11.3 Å². The van der Waals surface area contributed by atoms with E-state index in [0.717, 1.165) is 5.75 Å². The van der Waals surface area contributed by atoms with E-state index in [1.807, 2.05) is 6.07 Å². The van der Waals surface area contributed by atoms with E-state index in [-0.39, 0.29) is 0 Å². The standard InChI is InChI=1S/C17H12OS/c1-18-11-6-7-14-16(10-11)13-5-3-2-4-12(13)15-8-9-19-17(14)15/h2-10H,1H3. The number of methoxy groups -OCH3 is 1. The van der Waals surface area contributed by atoms with E-state index in [9.17, 15) is 0 Å². The fourth-order valence-corrected chi connectivity index (χ4v) is 3.70. The predicted octanol–water partition coefficient (Wildman–Crippen LogP) is 5.22. The summed E-state index contributed by atoms with van der Waals surface area (Å²) >= 11 is 1.80. The maximum Gasteiger partial charge on any atom is 0.119 e. The SMILES string of the molecule is COc1ccc2c(c1)c1ccccc1c1ccsc12. The third kappa shape index (κ3) is 1.47. The number of hydrogen-bond donors (Lipinski definition) is 0. The zero-order chi connectivity index (χ0) is 12.8. The Labute approximate surface area is 115 Å². The van der Waals surface area contributed by atoms with Crippen molar-refractivity contribution in [3.63, 3.8) is 0 Å². The number of thiophene rings is 1. The zero-order valence-corrected chi connectivity index (χ0v) is 11.3. The summed E-state index contributed by atoms with van der Waals surface area (Å²) < 4.78 is 6.73. The lowest BCUT2D eigenvalue weighted by Gasteiger charge is -2.08. The van der Waals surface area contributed by atoms with Gasteiger partial charge in [0, 0.05) is 15.5 Å². The number of ether oxygens (including phenoxy) is 1. The Morgan fingerprint density at radius 3 is 2.32 bits per heavy atom. The van der Waals surface area contributed by atoms with Crippen LogP contribution in [0.15, 0.2) is 53.9 Å². The minimum Gasteiger partial charge on any atom is -0.497 e. The van der Waals surface area contributed by atoms with Crippen LogP contribution in [-0.4, -0.2) is 7.11 Å². The van der Waals surface area contributed by atoms with Gasteiger partial charge in [-0.1, -0.05) is 24.3 Å². The van der Waals surface area contributed by atoms with E-state index in [4.69, 9.17) is 4.74 Å². The predicted molar refractivity (Wildman–Crippen MR) is 83.4 cm³/mol. The molecule has 1 heterocycles. The molecule has 0 aliphatic rings. The van der Waals surface area contributed by atoms with Crippen LogP contribution in [0.5, 0.6) is 5.75 Å². The maximum atomic E-state index is 5.37. The first-order chi connectivity index (χ1) is 9.38. The van der Waals surface area contributed by atoms with Gasteiger partial charge in [-0.3, -0.25) is 0 Å². The van der Waals surface area contributed by atoms with E-state index < -0.39 is 0 Å². The van der Waals surface area contributed by atoms with Crippen molar-refractivity contribution >= 4 is 43.0 Å². The van der Waals surface area contributed by atoms with Gasteiger partial charge in [0.25, 0.3) is 0 Å². The van der Waals surface area contributed by atoms with Crippen LogP contribution in [0.1, 0.15) is 0 Å². The van der Waals surface area contributed by atoms with E-state index in [2.05, 4.69) is 47.8 Å². The largest absolute Gasteiger partial charge is 0.497 e. The van der Waals surface area contributed by atoms with Crippen molar-refractivity contribution in [2.45, 2.75) is 0 Å². The quantitative estimate of drug-likeness (QED) is 0.428. The van der Waals surface area contributed by atoms with Gasteiger partial charge in [-0.2, -0.15) is 0 Å². The van der Waals surface area contributed by atoms with Gasteiger partial charge in [0.05, 0.1) is 7.11 Å². The summed E-state index contributed by atoms with van der Waals surface area (Å²) in [6.07, 6.45) is 0. The monoisotopic (exact) mass is 264 g/mol. The minimum atomic E-state index is 0.911. The first-order valence-corrected chi connectivity index (χ1v) is 7.12. The highest BCUT2D eigenvalue weighted by Gasteiger charge is 2.09. The summed E-state index contributed by atoms with van der Waals surface area (Å²) in [5, 5.41) is 8.70. The van der Waals surface area contributed by atoms with Gasteiger partial charge in [0.2, 0.25) is 0 Å². The number of benzene rings is 3. The van der Waals surface area contributed by atoms with Gasteiger partial charge >= 0.3 is 0 Å². The third-order valence-corrected chi connectivity index (χ3v) is 4.59. The molecule has 0 saturated heterocycles. The topological polar surface area (TPSA) is 9.23 Å². The van der Waals surface area contributed by atoms with E-state index in [1.54, 1.807) is 18.4 Å². The smallest absolute Gasteiger partial charge is 0.119 e. The first kappa shape index (κ1) is 10.8. The lowest BCUT2D eigenvalue weighted by Crippen LogP contribution is -1.84. The number of hydrogen-bond acceptors (Lipinski definition) is 2. The van der Waals surface area contributed by atoms with Gasteiger partial charge < -0.3 is 4.74 Å². The molecule has 0 atom stereocenters. The molecular formula is C17H12OS. The van der Waals surface area contributed by atoms with Crippen molar-refractivity contribution in [2.75, 3.05) is 7.11 Å². The molecule has 19 heavy (non-hydrogen) atoms. The van der Waals surface area contributed by atoms with Crippen molar-refractivity contribution < 1.29 is 4.74 Å². The van der Waals surface area contributed by atoms with Crippen LogP contribution in [0.3, 0.4) is 0 Å². The molecule has 0 aliphatic heterocycles. The highest BCUT2D eigenvalue weighted by molar-refractivity contribution is 7.18. The molecular weight excluding hydrogens is 252 g/mol. The summed E-state index contributed by atoms with van der Waals surface area (Å²) in [5.74, 6) is 0.911. The summed E-state index contributed by atoms with van der Waals surface area (Å²) in [4.78, 5) is 0. The summed E-state index contributed by atoms with van der Waals surface area (Å²) in [5.41, 5.74) is 0. The third-order valence-electron chi connectivity index (χ3n) is 3.64. The molecule has 2 heteroatoms. The molecule has 1 nitrogen and oxygen atoms in total. The Bertz CT molecular complexity index is 905. The summed E-state index contributed by atoms with van der Waals surface area (Å²) in [6, 6.07) is 17.1. The van der Waals surface area contributed by atoms with Gasteiger partial charge in [0.1, 0.15) is 5.75 Å². The second-order valence-corrected chi connectivity index (χ2v) is 5.54. The number of fused-ring (bicyclic) bond motifs is 6. The van der Waals surface area contributed by atoms with Crippen LogP contribution in [-0.2, 0) is 0 Å². The molecule has 92 valence electrons. The molecule has 0 radical (unpaired) electrons. The molecule has 0 amide bonds. The molecule has 0 fully saturated rings. The lowest BCUT2D eigenvalue weighted by molar-refractivity contribution is 0.415. The van der Waals surface area contributed by atoms with Crippen molar-refractivity contribution in [3.8, 4) is 5.75 Å². The van der Waals surface area contributed by atoms with Gasteiger partial charge in [-0.05, 0) is 45.8 Å². The van der Waals surface area contributed by atoms with Crippen molar-refractivity contribution in [3.05, 3.63) is 53.9 Å². The zero-order valence-electron chi connectivity index (χ0n) is 10.5. The fourth-order valence-electron chi connectivity index (χ4n) is 2.75. The fraction of sp³-hybridized carbons (Fsp3) is 0.0588. The average Bonchev–Trinajstić information content (AvgIpc) is 2.96. The summed E-state index contributed by atoms with van der Waals surface area (Å²) in [6.45, 7) is 0. The van der Waals surface area contributed by atoms with Crippen LogP contribution >= 0.6 is 11.3 Å². The Kier molecular flexibility index (Phi) is 2.26. The van der Waals surface area contributed by atoms with Crippen LogP contribution in [0.2, 0.25) is 0 Å². The van der Waals surface area contributed by atoms with Gasteiger partial charge in [-0.25, -0.2) is 0 Å². The molecule has 0 saturated carbocycles. The number of rotatable bonds is 1. The highest BCUT2D eigenvalue weighted by atomic mass is 32.1. The molecule has 0 spiro atoms. The van der Waals surface area contributed by atoms with Crippen LogP contribution in [0.4, 0.5) is 0 Å². The Morgan fingerprint density at radius 2 is 1.53 bits per heavy atom. The maximum absolute atomic E-state index is 5.37.